The molecule has 142 valence electrons. The summed E-state index contributed by atoms with van der Waals surface area (Å²) in [6, 6.07) is 12.8. The second-order valence-electron chi connectivity index (χ2n) is 5.70. The fourth-order valence-corrected chi connectivity index (χ4v) is 2.98. The predicted molar refractivity (Wildman–Crippen MR) is 102 cm³/mol. The van der Waals surface area contributed by atoms with Crippen LogP contribution in [0.3, 0.4) is 0 Å². The van der Waals surface area contributed by atoms with Gasteiger partial charge in [0.05, 0.1) is 17.4 Å². The minimum Gasteiger partial charge on any atom is -0.481 e. The van der Waals surface area contributed by atoms with E-state index in [9.17, 15) is 18.8 Å². The number of carboxylic acids is 1. The number of para-hydroxylation sites is 1. The molecule has 0 aliphatic rings. The molecule has 8 heteroatoms. The molecule has 0 aromatic heterocycles. The van der Waals surface area contributed by atoms with Crippen LogP contribution in [-0.2, 0) is 14.4 Å². The molecule has 0 heterocycles. The van der Waals surface area contributed by atoms with Gasteiger partial charge >= 0.3 is 5.97 Å². The first-order valence-electron chi connectivity index (χ1n) is 8.19. The van der Waals surface area contributed by atoms with Crippen LogP contribution in [0.15, 0.2) is 53.4 Å². The van der Waals surface area contributed by atoms with Gasteiger partial charge in [0, 0.05) is 17.0 Å². The zero-order valence-electron chi connectivity index (χ0n) is 14.6. The molecule has 0 aliphatic carbocycles. The van der Waals surface area contributed by atoms with Crippen molar-refractivity contribution < 1.29 is 23.9 Å². The molecule has 1 unspecified atom stereocenters. The van der Waals surface area contributed by atoms with Gasteiger partial charge < -0.3 is 15.7 Å². The number of hydrogen-bond donors (Lipinski definition) is 3. The molecule has 2 amide bonds. The Kier molecular flexibility index (Phi) is 7.36. The van der Waals surface area contributed by atoms with Crippen molar-refractivity contribution in [1.82, 2.24) is 0 Å². The highest BCUT2D eigenvalue weighted by molar-refractivity contribution is 8.00. The summed E-state index contributed by atoms with van der Waals surface area (Å²) in [6.07, 6.45) is -0.326. The second kappa shape index (κ2) is 9.72. The van der Waals surface area contributed by atoms with Crippen LogP contribution < -0.4 is 10.6 Å². The summed E-state index contributed by atoms with van der Waals surface area (Å²) in [6.45, 7) is 1.71. The number of benzene rings is 2. The number of aliphatic carboxylic acids is 1. The van der Waals surface area contributed by atoms with Gasteiger partial charge in [-0.15, -0.1) is 11.8 Å². The number of carboxylic acid groups (broad SMARTS) is 1. The Morgan fingerprint density at radius 1 is 1.04 bits per heavy atom. The summed E-state index contributed by atoms with van der Waals surface area (Å²) in [5.74, 6) is -2.22. The fraction of sp³-hybridized carbons (Fsp3) is 0.211. The van der Waals surface area contributed by atoms with Gasteiger partial charge in [-0.3, -0.25) is 14.4 Å². The summed E-state index contributed by atoms with van der Waals surface area (Å²) >= 11 is 1.29. The third kappa shape index (κ3) is 6.74. The largest absolute Gasteiger partial charge is 0.481 e. The van der Waals surface area contributed by atoms with Gasteiger partial charge in [-0.05, 0) is 43.3 Å². The number of rotatable bonds is 8. The van der Waals surface area contributed by atoms with Crippen molar-refractivity contribution >= 4 is 40.9 Å². The maximum atomic E-state index is 13.6. The summed E-state index contributed by atoms with van der Waals surface area (Å²) < 4.78 is 13.6. The molecule has 0 fully saturated rings. The fourth-order valence-electron chi connectivity index (χ4n) is 2.12. The van der Waals surface area contributed by atoms with E-state index in [2.05, 4.69) is 10.6 Å². The Labute approximate surface area is 160 Å². The van der Waals surface area contributed by atoms with Crippen LogP contribution in [0.5, 0.6) is 0 Å². The lowest BCUT2D eigenvalue weighted by molar-refractivity contribution is -0.138. The van der Waals surface area contributed by atoms with Crippen LogP contribution in [-0.4, -0.2) is 28.1 Å². The summed E-state index contributed by atoms with van der Waals surface area (Å²) in [7, 11) is 0. The van der Waals surface area contributed by atoms with Crippen molar-refractivity contribution in [2.24, 2.45) is 0 Å². The molecule has 2 rings (SSSR count). The first-order chi connectivity index (χ1) is 12.8. The molecule has 0 spiro atoms. The van der Waals surface area contributed by atoms with Crippen LogP contribution in [0.1, 0.15) is 19.8 Å². The highest BCUT2D eigenvalue weighted by Gasteiger charge is 2.16. The Morgan fingerprint density at radius 2 is 1.70 bits per heavy atom. The van der Waals surface area contributed by atoms with Gasteiger partial charge in [-0.2, -0.15) is 0 Å². The van der Waals surface area contributed by atoms with Crippen molar-refractivity contribution in [3.63, 3.8) is 0 Å². The van der Waals surface area contributed by atoms with E-state index >= 15 is 0 Å². The lowest BCUT2D eigenvalue weighted by atomic mass is 10.2. The Morgan fingerprint density at radius 3 is 2.33 bits per heavy atom. The number of hydrogen-bond acceptors (Lipinski definition) is 4. The molecule has 0 aliphatic heterocycles. The van der Waals surface area contributed by atoms with Gasteiger partial charge in [0.25, 0.3) is 0 Å². The van der Waals surface area contributed by atoms with E-state index < -0.39 is 17.0 Å². The molecule has 3 N–H and O–H groups in total. The number of nitrogens with one attached hydrogen (secondary N) is 2. The van der Waals surface area contributed by atoms with Crippen molar-refractivity contribution in [2.45, 2.75) is 29.9 Å². The standard InChI is InChI=1S/C19H19FN2O4S/c1-12(19(26)22-16-5-3-2-4-15(16)20)27-14-8-6-13(7-9-14)21-17(23)10-11-18(24)25/h2-9,12H,10-11H2,1H3,(H,21,23)(H,22,26)(H,24,25). The SMILES string of the molecule is CC(Sc1ccc(NC(=O)CCC(=O)O)cc1)C(=O)Nc1ccccc1F. The van der Waals surface area contributed by atoms with Gasteiger partial charge in [-0.25, -0.2) is 4.39 Å². The lowest BCUT2D eigenvalue weighted by Gasteiger charge is -2.13. The quantitative estimate of drug-likeness (QED) is 0.597. The maximum Gasteiger partial charge on any atom is 0.303 e. The third-order valence-corrected chi connectivity index (χ3v) is 4.63. The first-order valence-corrected chi connectivity index (χ1v) is 9.07. The van der Waals surface area contributed by atoms with Crippen LogP contribution >= 0.6 is 11.8 Å². The van der Waals surface area contributed by atoms with Crippen LogP contribution in [0.25, 0.3) is 0 Å². The molecule has 2 aromatic carbocycles. The Balaban J connectivity index is 1.87. The molecule has 6 nitrogen and oxygen atoms in total. The van der Waals surface area contributed by atoms with Crippen LogP contribution in [0.4, 0.5) is 15.8 Å². The number of thioether (sulfide) groups is 1. The van der Waals surface area contributed by atoms with Crippen molar-refractivity contribution in [1.29, 1.82) is 0 Å². The minimum atomic E-state index is -1.03. The Hall–Kier alpha value is -2.87. The smallest absolute Gasteiger partial charge is 0.303 e. The molecular formula is C19H19FN2O4S. The number of halogens is 1. The molecule has 1 atom stereocenters. The topological polar surface area (TPSA) is 95.5 Å². The van der Waals surface area contributed by atoms with Gasteiger partial charge in [-0.1, -0.05) is 12.1 Å². The van der Waals surface area contributed by atoms with E-state index in [1.807, 2.05) is 0 Å². The van der Waals surface area contributed by atoms with Crippen molar-refractivity contribution in [3.05, 3.63) is 54.3 Å². The van der Waals surface area contributed by atoms with E-state index in [-0.39, 0.29) is 30.3 Å². The van der Waals surface area contributed by atoms with Gasteiger partial charge in [0.1, 0.15) is 5.82 Å². The number of anilines is 2. The average molecular weight is 390 g/mol. The van der Waals surface area contributed by atoms with E-state index in [1.54, 1.807) is 43.3 Å². The molecule has 0 bridgehead atoms. The number of carbonyl (C=O) groups is 3. The molecule has 27 heavy (non-hydrogen) atoms. The normalized spacial score (nSPS) is 11.5. The number of amides is 2. The summed E-state index contributed by atoms with van der Waals surface area (Å²) in [5, 5.41) is 13.3. The average Bonchev–Trinajstić information content (AvgIpc) is 2.63. The summed E-state index contributed by atoms with van der Waals surface area (Å²) in [4.78, 5) is 35.1. The molecule has 0 radical (unpaired) electrons. The second-order valence-corrected chi connectivity index (χ2v) is 7.11. The highest BCUT2D eigenvalue weighted by atomic mass is 32.2. The zero-order valence-corrected chi connectivity index (χ0v) is 15.4. The molecule has 0 saturated heterocycles. The maximum absolute atomic E-state index is 13.6. The van der Waals surface area contributed by atoms with E-state index in [4.69, 9.17) is 5.11 Å². The third-order valence-electron chi connectivity index (χ3n) is 3.52. The van der Waals surface area contributed by atoms with Crippen molar-refractivity contribution in [3.8, 4) is 0 Å². The van der Waals surface area contributed by atoms with Gasteiger partial charge in [0.15, 0.2) is 0 Å². The van der Waals surface area contributed by atoms with E-state index in [1.165, 1.54) is 23.9 Å². The molecular weight excluding hydrogens is 371 g/mol. The highest BCUT2D eigenvalue weighted by Crippen LogP contribution is 2.26. The van der Waals surface area contributed by atoms with Gasteiger partial charge in [0.2, 0.25) is 11.8 Å². The Bertz CT molecular complexity index is 827. The van der Waals surface area contributed by atoms with Crippen molar-refractivity contribution in [2.75, 3.05) is 10.6 Å². The first kappa shape index (κ1) is 20.4. The minimum absolute atomic E-state index is 0.0981. The zero-order chi connectivity index (χ0) is 19.8. The predicted octanol–water partition coefficient (Wildman–Crippen LogP) is 3.75. The lowest BCUT2D eigenvalue weighted by Crippen LogP contribution is -2.22. The summed E-state index contributed by atoms with van der Waals surface area (Å²) in [5.41, 5.74) is 0.674. The van der Waals surface area contributed by atoms with Crippen LogP contribution in [0, 0.1) is 5.82 Å². The molecule has 2 aromatic rings. The monoisotopic (exact) mass is 390 g/mol. The molecule has 0 saturated carbocycles. The van der Waals surface area contributed by atoms with E-state index in [0.717, 1.165) is 4.90 Å². The number of carbonyl (C=O) groups excluding carboxylic acids is 2. The van der Waals surface area contributed by atoms with Crippen LogP contribution in [0.2, 0.25) is 0 Å². The van der Waals surface area contributed by atoms with E-state index in [0.29, 0.717) is 5.69 Å².